The maximum Gasteiger partial charge on any atom is 0.342 e. The number of cyclic esters (lactones) is 1. The Morgan fingerprint density at radius 1 is 1.08 bits per heavy atom. The van der Waals surface area contributed by atoms with Gasteiger partial charge >= 0.3 is 5.97 Å². The van der Waals surface area contributed by atoms with Gasteiger partial charge in [0.1, 0.15) is 34.4 Å². The zero-order valence-electron chi connectivity index (χ0n) is 30.1. The lowest BCUT2D eigenvalue weighted by Crippen LogP contribution is -2.32. The first-order valence-corrected chi connectivity index (χ1v) is 17.8. The molecule has 0 aliphatic carbocycles. The van der Waals surface area contributed by atoms with Crippen molar-refractivity contribution in [3.05, 3.63) is 88.8 Å². The van der Waals surface area contributed by atoms with Crippen LogP contribution in [0, 0.1) is 5.92 Å². The first-order valence-electron chi connectivity index (χ1n) is 17.8. The minimum absolute atomic E-state index is 0.0434. The molecule has 3 N–H and O–H groups in total. The molecule has 3 atom stereocenters. The van der Waals surface area contributed by atoms with E-state index in [9.17, 15) is 24.6 Å². The Morgan fingerprint density at radius 3 is 2.51 bits per heavy atom. The third-order valence-corrected chi connectivity index (χ3v) is 9.48. The summed E-state index contributed by atoms with van der Waals surface area (Å²) in [5, 5.41) is 26.7. The number of nitrogens with one attached hydrogen (secondary N) is 1. The number of benzene rings is 3. The van der Waals surface area contributed by atoms with Crippen LogP contribution in [0.25, 0.3) is 17.1 Å². The zero-order valence-corrected chi connectivity index (χ0v) is 30.1. The number of esters is 1. The van der Waals surface area contributed by atoms with E-state index in [1.54, 1.807) is 44.4 Å². The number of ketones is 1. The van der Waals surface area contributed by atoms with Gasteiger partial charge in [-0.25, -0.2) is 9.78 Å². The van der Waals surface area contributed by atoms with Gasteiger partial charge in [0.2, 0.25) is 5.91 Å². The van der Waals surface area contributed by atoms with Crippen molar-refractivity contribution in [3.8, 4) is 17.2 Å². The summed E-state index contributed by atoms with van der Waals surface area (Å²) in [6.45, 7) is 5.92. The lowest BCUT2D eigenvalue weighted by atomic mass is 9.84. The van der Waals surface area contributed by atoms with Gasteiger partial charge in [0.15, 0.2) is 0 Å². The molecule has 3 unspecified atom stereocenters. The predicted octanol–water partition coefficient (Wildman–Crippen LogP) is 7.90. The fourth-order valence-electron chi connectivity index (χ4n) is 6.86. The van der Waals surface area contributed by atoms with Crippen molar-refractivity contribution >= 4 is 34.8 Å². The summed E-state index contributed by atoms with van der Waals surface area (Å²) >= 11 is 0. The molecule has 0 radical (unpaired) electrons. The van der Waals surface area contributed by atoms with Gasteiger partial charge in [-0.05, 0) is 86.4 Å². The molecule has 0 spiro atoms. The van der Waals surface area contributed by atoms with Crippen molar-refractivity contribution < 1.29 is 34.1 Å². The Kier molecular flexibility index (Phi) is 12.2. The average molecular weight is 696 g/mol. The predicted molar refractivity (Wildman–Crippen MR) is 197 cm³/mol. The fraction of sp³-hybridized carbons (Fsp3) is 0.415. The summed E-state index contributed by atoms with van der Waals surface area (Å²) in [6, 6.07) is 15.9. The summed E-state index contributed by atoms with van der Waals surface area (Å²) in [4.78, 5) is 44.9. The number of Topliss-reactive ketones (excluding diaryl/α,β-unsaturated/α-hetero) is 1. The van der Waals surface area contributed by atoms with E-state index >= 15 is 0 Å². The Bertz CT molecular complexity index is 1890. The number of rotatable bonds is 9. The van der Waals surface area contributed by atoms with Gasteiger partial charge in [0.25, 0.3) is 0 Å². The van der Waals surface area contributed by atoms with Crippen molar-refractivity contribution in [2.45, 2.75) is 90.2 Å². The SMILES string of the molecule is COc1ccc(C(CC(=O)NC(CC(C)C)c2nc3ccccc3n2C)c2c(O)cc3c(c2O)C(=O)OC(C)CCCC(=O)CCCC=C3)cc1. The number of para-hydroxylation sites is 2. The van der Waals surface area contributed by atoms with E-state index in [4.69, 9.17) is 14.5 Å². The summed E-state index contributed by atoms with van der Waals surface area (Å²) in [6.07, 6.45) is 6.64. The Hall–Kier alpha value is -5.12. The molecule has 10 nitrogen and oxygen atoms in total. The topological polar surface area (TPSA) is 140 Å². The Morgan fingerprint density at radius 2 is 1.80 bits per heavy atom. The van der Waals surface area contributed by atoms with Gasteiger partial charge in [0, 0.05) is 37.8 Å². The molecule has 2 heterocycles. The normalized spacial score (nSPS) is 17.0. The number of aromatic hydroxyl groups is 2. The molecule has 4 aromatic rings. The first kappa shape index (κ1) is 37.1. The summed E-state index contributed by atoms with van der Waals surface area (Å²) in [5.74, 6) is -0.892. The van der Waals surface area contributed by atoms with E-state index < -0.39 is 29.8 Å². The van der Waals surface area contributed by atoms with Crippen LogP contribution in [0.1, 0.15) is 117 Å². The molecule has 1 amide bonds. The number of nitrogens with zero attached hydrogens (tertiary/aromatic N) is 2. The third kappa shape index (κ3) is 8.98. The monoisotopic (exact) mass is 695 g/mol. The molecule has 0 saturated carbocycles. The minimum atomic E-state index is -0.852. The van der Waals surface area contributed by atoms with Crippen LogP contribution < -0.4 is 10.1 Å². The molecule has 0 bridgehead atoms. The molecule has 3 aromatic carbocycles. The Balaban J connectivity index is 1.56. The van der Waals surface area contributed by atoms with Crippen LogP contribution in [0.3, 0.4) is 0 Å². The van der Waals surface area contributed by atoms with Crippen LogP contribution in [0.4, 0.5) is 0 Å². The van der Waals surface area contributed by atoms with Gasteiger partial charge in [-0.2, -0.15) is 0 Å². The number of aryl methyl sites for hydroxylation is 1. The van der Waals surface area contributed by atoms with Crippen molar-refractivity contribution in [1.29, 1.82) is 0 Å². The summed E-state index contributed by atoms with van der Waals surface area (Å²) < 4.78 is 13.1. The molecule has 1 aromatic heterocycles. The number of carbonyl (C=O) groups excluding carboxylic acids is 3. The molecule has 51 heavy (non-hydrogen) atoms. The van der Waals surface area contributed by atoms with Gasteiger partial charge in [0.05, 0.1) is 30.3 Å². The number of phenolic OH excluding ortho intramolecular Hbond substituents is 2. The number of fused-ring (bicyclic) bond motifs is 2. The summed E-state index contributed by atoms with van der Waals surface area (Å²) in [7, 11) is 3.49. The van der Waals surface area contributed by atoms with E-state index in [1.807, 2.05) is 42.0 Å². The standard InChI is InChI=1S/C41H49N3O7/c1-25(2)22-33(40-43-32-16-9-10-17-34(32)44(40)4)42-36(47)24-31(27-18-20-30(50-5)21-19-27)38-35(46)23-28-13-7-6-8-14-29(45)15-11-12-26(3)51-41(49)37(28)39(38)48/h7,9-10,13,16-21,23,25-26,31,33,46,48H,6,8,11-12,14-15,22,24H2,1-5H3,(H,42,47). The van der Waals surface area contributed by atoms with Crippen LogP contribution in [0.5, 0.6) is 17.2 Å². The maximum atomic E-state index is 14.1. The highest BCUT2D eigenvalue weighted by molar-refractivity contribution is 5.98. The third-order valence-electron chi connectivity index (χ3n) is 9.48. The number of phenols is 2. The molecule has 5 rings (SSSR count). The number of hydrogen-bond donors (Lipinski definition) is 3. The van der Waals surface area contributed by atoms with Crippen molar-refractivity contribution in [3.63, 3.8) is 0 Å². The largest absolute Gasteiger partial charge is 0.507 e. The number of aromatic nitrogens is 2. The van der Waals surface area contributed by atoms with E-state index in [-0.39, 0.29) is 46.5 Å². The van der Waals surface area contributed by atoms with Crippen LogP contribution >= 0.6 is 0 Å². The van der Waals surface area contributed by atoms with E-state index in [2.05, 4.69) is 19.2 Å². The number of allylic oxidation sites excluding steroid dienone is 1. The van der Waals surface area contributed by atoms with Gasteiger partial charge < -0.3 is 29.6 Å². The van der Waals surface area contributed by atoms with Crippen LogP contribution in [-0.2, 0) is 21.4 Å². The van der Waals surface area contributed by atoms with Crippen molar-refractivity contribution in [2.24, 2.45) is 13.0 Å². The highest BCUT2D eigenvalue weighted by atomic mass is 16.5. The quantitative estimate of drug-likeness (QED) is 0.150. The zero-order chi connectivity index (χ0) is 36.7. The van der Waals surface area contributed by atoms with E-state index in [0.29, 0.717) is 56.3 Å². The maximum absolute atomic E-state index is 14.1. The van der Waals surface area contributed by atoms with E-state index in [0.717, 1.165) is 16.9 Å². The second-order valence-corrected chi connectivity index (χ2v) is 13.9. The highest BCUT2D eigenvalue weighted by Crippen LogP contribution is 2.44. The molecular formula is C41H49N3O7. The van der Waals surface area contributed by atoms with Gasteiger partial charge in [-0.1, -0.05) is 50.3 Å². The summed E-state index contributed by atoms with van der Waals surface area (Å²) in [5.41, 5.74) is 2.65. The molecule has 10 heteroatoms. The molecule has 1 aliphatic rings. The highest BCUT2D eigenvalue weighted by Gasteiger charge is 2.32. The number of hydrogen-bond acceptors (Lipinski definition) is 8. The van der Waals surface area contributed by atoms with Crippen LogP contribution in [-0.4, -0.2) is 50.6 Å². The molecule has 1 aliphatic heterocycles. The molecule has 270 valence electrons. The van der Waals surface area contributed by atoms with Crippen molar-refractivity contribution in [2.75, 3.05) is 7.11 Å². The minimum Gasteiger partial charge on any atom is -0.507 e. The van der Waals surface area contributed by atoms with Crippen LogP contribution in [0.2, 0.25) is 0 Å². The molecule has 0 fully saturated rings. The second kappa shape index (κ2) is 16.7. The Labute approximate surface area is 299 Å². The van der Waals surface area contributed by atoms with E-state index in [1.165, 1.54) is 6.07 Å². The number of imidazole rings is 1. The second-order valence-electron chi connectivity index (χ2n) is 13.9. The first-order chi connectivity index (χ1) is 24.5. The van der Waals surface area contributed by atoms with Gasteiger partial charge in [-0.15, -0.1) is 0 Å². The lowest BCUT2D eigenvalue weighted by Gasteiger charge is -2.25. The molecule has 0 saturated heterocycles. The average Bonchev–Trinajstić information content (AvgIpc) is 3.42. The van der Waals surface area contributed by atoms with Gasteiger partial charge in [-0.3, -0.25) is 9.59 Å². The number of carbonyl (C=O) groups is 3. The molecular weight excluding hydrogens is 646 g/mol. The fourth-order valence-corrected chi connectivity index (χ4v) is 6.86. The number of methoxy groups -OCH3 is 1. The number of amides is 1. The number of ether oxygens (including phenoxy) is 2. The van der Waals surface area contributed by atoms with Crippen LogP contribution in [0.15, 0.2) is 60.7 Å². The van der Waals surface area contributed by atoms with Crippen molar-refractivity contribution in [1.82, 2.24) is 14.9 Å². The smallest absolute Gasteiger partial charge is 0.342 e. The lowest BCUT2D eigenvalue weighted by molar-refractivity contribution is -0.122.